The summed E-state index contributed by atoms with van der Waals surface area (Å²) in [6.45, 7) is 3.46. The number of hydrogen-bond donors (Lipinski definition) is 0. The number of likely N-dealkylation sites (N-methyl/N-ethyl adjacent to an activating group) is 1. The summed E-state index contributed by atoms with van der Waals surface area (Å²) in [5.41, 5.74) is 0.710. The van der Waals surface area contributed by atoms with Gasteiger partial charge in [0.05, 0.1) is 0 Å². The zero-order valence-corrected chi connectivity index (χ0v) is 14.4. The van der Waals surface area contributed by atoms with Gasteiger partial charge in [0.15, 0.2) is 0 Å². The zero-order valence-electron chi connectivity index (χ0n) is 14.4. The quantitative estimate of drug-likeness (QED) is 0.841. The minimum atomic E-state index is 0.0912. The van der Waals surface area contributed by atoms with E-state index in [9.17, 15) is 4.79 Å². The second kappa shape index (κ2) is 7.57. The average Bonchev–Trinajstić information content (AvgIpc) is 3.09. The van der Waals surface area contributed by atoms with Crippen LogP contribution in [0.5, 0.6) is 0 Å². The third-order valence-electron chi connectivity index (χ3n) is 4.54. The van der Waals surface area contributed by atoms with Crippen LogP contribution in [0.1, 0.15) is 34.9 Å². The van der Waals surface area contributed by atoms with Gasteiger partial charge in [-0.25, -0.2) is 4.98 Å². The van der Waals surface area contributed by atoms with Crippen molar-refractivity contribution in [1.29, 1.82) is 0 Å². The summed E-state index contributed by atoms with van der Waals surface area (Å²) in [6.07, 6.45) is 9.35. The maximum absolute atomic E-state index is 12.7. The summed E-state index contributed by atoms with van der Waals surface area (Å²) in [5, 5.41) is 0. The normalized spacial score (nSPS) is 18.1. The van der Waals surface area contributed by atoms with E-state index in [1.54, 1.807) is 24.5 Å². The number of amides is 1. The zero-order chi connectivity index (χ0) is 16.9. The predicted octanol–water partition coefficient (Wildman–Crippen LogP) is 1.86. The van der Waals surface area contributed by atoms with Gasteiger partial charge >= 0.3 is 0 Å². The Morgan fingerprint density at radius 1 is 1.29 bits per heavy atom. The molecule has 1 aliphatic rings. The second-order valence-corrected chi connectivity index (χ2v) is 6.61. The van der Waals surface area contributed by atoms with Crippen molar-refractivity contribution < 1.29 is 4.79 Å². The van der Waals surface area contributed by atoms with Crippen LogP contribution in [-0.2, 0) is 6.54 Å². The summed E-state index contributed by atoms with van der Waals surface area (Å²) in [4.78, 5) is 25.4. The van der Waals surface area contributed by atoms with Gasteiger partial charge in [0, 0.05) is 62.4 Å². The van der Waals surface area contributed by atoms with Crippen LogP contribution < -0.4 is 0 Å². The Hall–Kier alpha value is -2.21. The summed E-state index contributed by atoms with van der Waals surface area (Å²) in [6, 6.07) is 3.56. The molecule has 0 aliphatic carbocycles. The largest absolute Gasteiger partial charge is 0.338 e. The fourth-order valence-electron chi connectivity index (χ4n) is 3.23. The lowest BCUT2D eigenvalue weighted by atomic mass is 9.96. The van der Waals surface area contributed by atoms with Gasteiger partial charge in [-0.15, -0.1) is 0 Å². The molecule has 0 N–H and O–H groups in total. The van der Waals surface area contributed by atoms with Gasteiger partial charge < -0.3 is 14.4 Å². The Bertz CT molecular complexity index is 667. The van der Waals surface area contributed by atoms with Crippen molar-refractivity contribution in [2.24, 2.45) is 0 Å². The van der Waals surface area contributed by atoms with Crippen LogP contribution in [0.25, 0.3) is 0 Å². The molecule has 0 radical (unpaired) electrons. The maximum Gasteiger partial charge on any atom is 0.253 e. The van der Waals surface area contributed by atoms with E-state index in [4.69, 9.17) is 0 Å². The van der Waals surface area contributed by atoms with Gasteiger partial charge in [-0.3, -0.25) is 9.78 Å². The van der Waals surface area contributed by atoms with E-state index in [2.05, 4.69) is 33.5 Å². The first-order valence-corrected chi connectivity index (χ1v) is 8.50. The fourth-order valence-corrected chi connectivity index (χ4v) is 3.23. The van der Waals surface area contributed by atoms with Crippen molar-refractivity contribution >= 4 is 5.91 Å². The Balaban J connectivity index is 1.70. The van der Waals surface area contributed by atoms with Gasteiger partial charge in [-0.05, 0) is 39.1 Å². The van der Waals surface area contributed by atoms with Gasteiger partial charge in [-0.1, -0.05) is 0 Å². The molecule has 6 heteroatoms. The average molecular weight is 327 g/mol. The van der Waals surface area contributed by atoms with Crippen molar-refractivity contribution in [3.63, 3.8) is 0 Å². The molecule has 24 heavy (non-hydrogen) atoms. The number of carbonyl (C=O) groups excluding carboxylic acids is 1. The molecule has 0 spiro atoms. The van der Waals surface area contributed by atoms with Crippen molar-refractivity contribution in [1.82, 2.24) is 24.3 Å². The van der Waals surface area contributed by atoms with E-state index in [0.29, 0.717) is 11.5 Å². The van der Waals surface area contributed by atoms with E-state index in [0.717, 1.165) is 44.8 Å². The number of likely N-dealkylation sites (tertiary alicyclic amines) is 1. The Labute approximate surface area is 143 Å². The van der Waals surface area contributed by atoms with Crippen LogP contribution in [0.3, 0.4) is 0 Å². The molecule has 1 unspecified atom stereocenters. The molecule has 3 heterocycles. The molecule has 1 saturated heterocycles. The Kier molecular flexibility index (Phi) is 5.25. The highest BCUT2D eigenvalue weighted by molar-refractivity contribution is 5.94. The van der Waals surface area contributed by atoms with Gasteiger partial charge in [0.1, 0.15) is 5.82 Å². The van der Waals surface area contributed by atoms with Crippen LogP contribution >= 0.6 is 0 Å². The van der Waals surface area contributed by atoms with Crippen molar-refractivity contribution in [2.75, 3.05) is 33.7 Å². The topological polar surface area (TPSA) is 54.3 Å². The summed E-state index contributed by atoms with van der Waals surface area (Å²) in [5.74, 6) is 1.50. The highest BCUT2D eigenvalue weighted by Gasteiger charge is 2.27. The Morgan fingerprint density at radius 3 is 2.83 bits per heavy atom. The minimum absolute atomic E-state index is 0.0912. The van der Waals surface area contributed by atoms with Crippen molar-refractivity contribution in [2.45, 2.75) is 25.3 Å². The molecule has 3 rings (SSSR count). The molecule has 1 amide bonds. The van der Waals surface area contributed by atoms with Crippen LogP contribution in [-0.4, -0.2) is 64.0 Å². The third-order valence-corrected chi connectivity index (χ3v) is 4.54. The number of rotatable bonds is 5. The lowest BCUT2D eigenvalue weighted by Gasteiger charge is -2.33. The number of carbonyl (C=O) groups is 1. The molecule has 128 valence electrons. The lowest BCUT2D eigenvalue weighted by Crippen LogP contribution is -2.39. The van der Waals surface area contributed by atoms with E-state index in [1.165, 1.54) is 0 Å². The number of piperidine rings is 1. The standard InChI is InChI=1S/C18H25N5O/c1-21(2)12-13-22-11-9-20-17(22)16-4-3-10-23(14-16)18(24)15-5-7-19-8-6-15/h5-9,11,16H,3-4,10,12-14H2,1-2H3. The summed E-state index contributed by atoms with van der Waals surface area (Å²) >= 11 is 0. The number of aromatic nitrogens is 3. The first-order valence-electron chi connectivity index (χ1n) is 8.50. The summed E-state index contributed by atoms with van der Waals surface area (Å²) < 4.78 is 2.23. The van der Waals surface area contributed by atoms with Crippen LogP contribution in [0.4, 0.5) is 0 Å². The van der Waals surface area contributed by atoms with Gasteiger partial charge in [0.25, 0.3) is 5.91 Å². The van der Waals surface area contributed by atoms with E-state index in [1.807, 2.05) is 17.3 Å². The monoisotopic (exact) mass is 327 g/mol. The predicted molar refractivity (Wildman–Crippen MR) is 92.9 cm³/mol. The number of nitrogens with zero attached hydrogens (tertiary/aromatic N) is 5. The molecule has 0 bridgehead atoms. The first-order chi connectivity index (χ1) is 11.6. The van der Waals surface area contributed by atoms with Crippen LogP contribution in [0, 0.1) is 0 Å². The molecular formula is C18H25N5O. The first kappa shape index (κ1) is 16.6. The molecule has 0 aromatic carbocycles. The number of pyridine rings is 1. The molecule has 0 saturated carbocycles. The third kappa shape index (κ3) is 3.82. The highest BCUT2D eigenvalue weighted by Crippen LogP contribution is 2.26. The van der Waals surface area contributed by atoms with Gasteiger partial charge in [-0.2, -0.15) is 0 Å². The maximum atomic E-state index is 12.7. The Morgan fingerprint density at radius 2 is 2.08 bits per heavy atom. The van der Waals surface area contributed by atoms with Crippen molar-refractivity contribution in [3.8, 4) is 0 Å². The van der Waals surface area contributed by atoms with Crippen LogP contribution in [0.2, 0.25) is 0 Å². The molecule has 2 aromatic heterocycles. The van der Waals surface area contributed by atoms with E-state index in [-0.39, 0.29) is 5.91 Å². The smallest absolute Gasteiger partial charge is 0.253 e. The van der Waals surface area contributed by atoms with E-state index < -0.39 is 0 Å². The fraction of sp³-hybridized carbons (Fsp3) is 0.500. The van der Waals surface area contributed by atoms with Gasteiger partial charge in [0.2, 0.25) is 0 Å². The van der Waals surface area contributed by atoms with E-state index >= 15 is 0 Å². The molecule has 1 atom stereocenters. The minimum Gasteiger partial charge on any atom is -0.338 e. The molecule has 2 aromatic rings. The SMILES string of the molecule is CN(C)CCn1ccnc1C1CCCN(C(=O)c2ccncc2)C1. The molecule has 1 fully saturated rings. The van der Waals surface area contributed by atoms with Crippen molar-refractivity contribution in [3.05, 3.63) is 48.3 Å². The molecule has 6 nitrogen and oxygen atoms in total. The second-order valence-electron chi connectivity index (χ2n) is 6.61. The molecular weight excluding hydrogens is 302 g/mol. The van der Waals surface area contributed by atoms with Crippen LogP contribution in [0.15, 0.2) is 36.9 Å². The highest BCUT2D eigenvalue weighted by atomic mass is 16.2. The number of imidazole rings is 1. The number of hydrogen-bond acceptors (Lipinski definition) is 4. The molecule has 1 aliphatic heterocycles. The summed E-state index contributed by atoms with van der Waals surface area (Å²) in [7, 11) is 4.15. The lowest BCUT2D eigenvalue weighted by molar-refractivity contribution is 0.0703.